The highest BCUT2D eigenvalue weighted by Crippen LogP contribution is 2.58. The molecule has 3 N–H and O–H groups in total. The zero-order chi connectivity index (χ0) is 25.5. The van der Waals surface area contributed by atoms with Crippen molar-refractivity contribution in [2.24, 2.45) is 10.8 Å². The highest BCUT2D eigenvalue weighted by Gasteiger charge is 2.54. The van der Waals surface area contributed by atoms with Gasteiger partial charge in [-0.3, -0.25) is 14.4 Å². The summed E-state index contributed by atoms with van der Waals surface area (Å²) >= 11 is 0. The van der Waals surface area contributed by atoms with E-state index in [0.29, 0.717) is 24.9 Å². The molecule has 2 heterocycles. The van der Waals surface area contributed by atoms with E-state index < -0.39 is 17.3 Å². The first kappa shape index (κ1) is 23.9. The highest BCUT2D eigenvalue weighted by molar-refractivity contribution is 5.98. The zero-order valence-electron chi connectivity index (χ0n) is 20.0. The fraction of sp³-hybridized carbons (Fsp3) is 0.423. The number of halogens is 1. The van der Waals surface area contributed by atoms with E-state index >= 15 is 0 Å². The maximum atomic E-state index is 13.4. The lowest BCUT2D eigenvalue weighted by Gasteiger charge is -2.54. The number of amides is 2. The van der Waals surface area contributed by atoms with E-state index in [1.807, 2.05) is 6.92 Å². The molecule has 188 valence electrons. The van der Waals surface area contributed by atoms with E-state index in [9.17, 15) is 23.9 Å². The number of carbonyl (C=O) groups excluding carboxylic acids is 2. The van der Waals surface area contributed by atoms with Crippen LogP contribution in [-0.2, 0) is 11.3 Å². The number of carbonyl (C=O) groups is 3. The first-order valence-corrected chi connectivity index (χ1v) is 12.1. The number of nitrogens with one attached hydrogen (secondary N) is 2. The van der Waals surface area contributed by atoms with Gasteiger partial charge in [0.15, 0.2) is 5.65 Å². The lowest BCUT2D eigenvalue weighted by Crippen LogP contribution is -2.54. The van der Waals surface area contributed by atoms with E-state index in [0.717, 1.165) is 24.8 Å². The Kier molecular flexibility index (Phi) is 5.97. The van der Waals surface area contributed by atoms with Crippen LogP contribution in [0.1, 0.15) is 72.0 Å². The molecule has 3 fully saturated rings. The van der Waals surface area contributed by atoms with Gasteiger partial charge in [0.25, 0.3) is 11.8 Å². The Morgan fingerprint density at radius 1 is 1.06 bits per heavy atom. The van der Waals surface area contributed by atoms with Crippen molar-refractivity contribution < 1.29 is 23.9 Å². The van der Waals surface area contributed by atoms with Gasteiger partial charge < -0.3 is 15.7 Å². The number of aromatic nitrogens is 3. The van der Waals surface area contributed by atoms with E-state index in [4.69, 9.17) is 0 Å². The minimum absolute atomic E-state index is 0.0719. The van der Waals surface area contributed by atoms with Gasteiger partial charge in [0.05, 0.1) is 11.6 Å². The minimum atomic E-state index is -0.712. The standard InChI is InChI=1S/C26H28FN5O4/c1-16(25-7-10-26(11-8-25,12-9-25)24(35)36)30-23(34)20-14-19(31-21-6-13-29-32(20)21)22(33)28-15-17-2-4-18(27)5-3-17/h2-6,13-14,16H,7-12,15H2,1H3,(H,28,33)(H,30,34)(H,35,36). The number of aliphatic carboxylic acids is 1. The molecule has 2 aromatic heterocycles. The summed E-state index contributed by atoms with van der Waals surface area (Å²) in [5.74, 6) is -1.91. The first-order chi connectivity index (χ1) is 17.2. The number of benzene rings is 1. The van der Waals surface area contributed by atoms with Crippen molar-refractivity contribution in [3.63, 3.8) is 0 Å². The quantitative estimate of drug-likeness (QED) is 0.464. The van der Waals surface area contributed by atoms with Crippen LogP contribution in [0.5, 0.6) is 0 Å². The van der Waals surface area contributed by atoms with Gasteiger partial charge in [-0.15, -0.1) is 0 Å². The summed E-state index contributed by atoms with van der Waals surface area (Å²) in [6.45, 7) is 2.15. The van der Waals surface area contributed by atoms with Crippen molar-refractivity contribution in [1.82, 2.24) is 25.2 Å². The fourth-order valence-corrected chi connectivity index (χ4v) is 5.67. The molecule has 3 aliphatic rings. The molecule has 2 bridgehead atoms. The third kappa shape index (κ3) is 4.20. The third-order valence-electron chi connectivity index (χ3n) is 8.22. The molecule has 2 amide bonds. The number of fused-ring (bicyclic) bond motifs is 4. The molecule has 0 radical (unpaired) electrons. The Bertz CT molecular complexity index is 1310. The second-order valence-electron chi connectivity index (χ2n) is 10.1. The topological polar surface area (TPSA) is 126 Å². The Hall–Kier alpha value is -3.82. The largest absolute Gasteiger partial charge is 0.481 e. The molecule has 3 aliphatic carbocycles. The summed E-state index contributed by atoms with van der Waals surface area (Å²) in [6.07, 6.45) is 5.65. The van der Waals surface area contributed by atoms with Gasteiger partial charge in [-0.05, 0) is 68.6 Å². The molecular formula is C26H28FN5O4. The Morgan fingerprint density at radius 3 is 2.36 bits per heavy atom. The van der Waals surface area contributed by atoms with Gasteiger partial charge in [-0.1, -0.05) is 12.1 Å². The molecular weight excluding hydrogens is 465 g/mol. The molecule has 6 rings (SSSR count). The van der Waals surface area contributed by atoms with Gasteiger partial charge in [0.2, 0.25) is 0 Å². The van der Waals surface area contributed by atoms with Gasteiger partial charge in [0.1, 0.15) is 17.2 Å². The van der Waals surface area contributed by atoms with Crippen molar-refractivity contribution in [3.05, 3.63) is 65.4 Å². The number of nitrogens with zero attached hydrogens (tertiary/aromatic N) is 3. The van der Waals surface area contributed by atoms with Gasteiger partial charge in [-0.25, -0.2) is 13.9 Å². The second kappa shape index (κ2) is 9.00. The van der Waals surface area contributed by atoms with E-state index in [1.54, 1.807) is 18.2 Å². The number of carboxylic acid groups (broad SMARTS) is 1. The summed E-state index contributed by atoms with van der Waals surface area (Å²) in [4.78, 5) is 42.3. The summed E-state index contributed by atoms with van der Waals surface area (Å²) in [5, 5.41) is 19.7. The molecule has 36 heavy (non-hydrogen) atoms. The van der Waals surface area contributed by atoms with Crippen molar-refractivity contribution in [2.75, 3.05) is 0 Å². The van der Waals surface area contributed by atoms with Crippen LogP contribution >= 0.6 is 0 Å². The van der Waals surface area contributed by atoms with Gasteiger partial charge in [0, 0.05) is 24.7 Å². The number of carboxylic acids is 1. The second-order valence-corrected chi connectivity index (χ2v) is 10.1. The van der Waals surface area contributed by atoms with Crippen LogP contribution in [0, 0.1) is 16.6 Å². The van der Waals surface area contributed by atoms with Crippen molar-refractivity contribution in [1.29, 1.82) is 0 Å². The lowest BCUT2D eigenvalue weighted by molar-refractivity contribution is -0.159. The number of rotatable bonds is 7. The van der Waals surface area contributed by atoms with Crippen LogP contribution in [0.15, 0.2) is 42.6 Å². The minimum Gasteiger partial charge on any atom is -0.481 e. The summed E-state index contributed by atoms with van der Waals surface area (Å²) in [5.41, 5.74) is 0.594. The Labute approximate surface area is 207 Å². The number of hydrogen-bond donors (Lipinski definition) is 3. The Balaban J connectivity index is 1.32. The molecule has 10 heteroatoms. The van der Waals surface area contributed by atoms with Crippen LogP contribution in [0.2, 0.25) is 0 Å². The fourth-order valence-electron chi connectivity index (χ4n) is 5.67. The van der Waals surface area contributed by atoms with Crippen molar-refractivity contribution >= 4 is 23.4 Å². The number of hydrogen-bond acceptors (Lipinski definition) is 5. The average molecular weight is 494 g/mol. The molecule has 1 unspecified atom stereocenters. The molecule has 1 atom stereocenters. The maximum absolute atomic E-state index is 13.4. The SMILES string of the molecule is CC(NC(=O)c1cc(C(=O)NCc2ccc(F)cc2)nc2ccnn12)C12CCC(C(=O)O)(CC1)CC2. The van der Waals surface area contributed by atoms with E-state index in [1.165, 1.54) is 28.9 Å². The normalized spacial score (nSPS) is 23.8. The lowest BCUT2D eigenvalue weighted by atomic mass is 9.52. The van der Waals surface area contributed by atoms with E-state index in [2.05, 4.69) is 20.7 Å². The Morgan fingerprint density at radius 2 is 1.72 bits per heavy atom. The monoisotopic (exact) mass is 493 g/mol. The van der Waals surface area contributed by atoms with Gasteiger partial charge >= 0.3 is 5.97 Å². The van der Waals surface area contributed by atoms with Crippen LogP contribution in [0.3, 0.4) is 0 Å². The van der Waals surface area contributed by atoms with E-state index in [-0.39, 0.29) is 41.1 Å². The zero-order valence-corrected chi connectivity index (χ0v) is 20.0. The maximum Gasteiger partial charge on any atom is 0.309 e. The predicted molar refractivity (Wildman–Crippen MR) is 128 cm³/mol. The highest BCUT2D eigenvalue weighted by atomic mass is 19.1. The molecule has 3 saturated carbocycles. The summed E-state index contributed by atoms with van der Waals surface area (Å²) in [7, 11) is 0. The van der Waals surface area contributed by atoms with Crippen molar-refractivity contribution in [3.8, 4) is 0 Å². The predicted octanol–water partition coefficient (Wildman–Crippen LogP) is 3.34. The third-order valence-corrected chi connectivity index (χ3v) is 8.22. The molecule has 1 aromatic carbocycles. The molecule has 0 spiro atoms. The molecule has 9 nitrogen and oxygen atoms in total. The smallest absolute Gasteiger partial charge is 0.309 e. The van der Waals surface area contributed by atoms with Crippen LogP contribution in [0.25, 0.3) is 5.65 Å². The van der Waals surface area contributed by atoms with Crippen LogP contribution in [-0.4, -0.2) is 43.5 Å². The van der Waals surface area contributed by atoms with Crippen LogP contribution < -0.4 is 10.6 Å². The van der Waals surface area contributed by atoms with Crippen LogP contribution in [0.4, 0.5) is 4.39 Å². The van der Waals surface area contributed by atoms with Gasteiger partial charge in [-0.2, -0.15) is 5.10 Å². The first-order valence-electron chi connectivity index (χ1n) is 12.1. The molecule has 0 saturated heterocycles. The average Bonchev–Trinajstić information content (AvgIpc) is 3.37. The summed E-state index contributed by atoms with van der Waals surface area (Å²) < 4.78 is 14.5. The summed E-state index contributed by atoms with van der Waals surface area (Å²) in [6, 6.07) is 8.66. The molecule has 0 aliphatic heterocycles. The molecule has 3 aromatic rings. The van der Waals surface area contributed by atoms with Crippen molar-refractivity contribution in [2.45, 2.75) is 58.0 Å².